The molecule has 3 heteroatoms. The first-order chi connectivity index (χ1) is 33.5. The molecule has 2 heterocycles. The number of fused-ring (bicyclic) bond motifs is 7. The molecule has 0 unspecified atom stereocenters. The van der Waals surface area contributed by atoms with Crippen molar-refractivity contribution in [1.29, 1.82) is 0 Å². The SMILES string of the molecule is Cc1cc2c(cc1N1c3cc4c(cc3B3c5cc(C(C)(C)C)ccc5N(c5ccc(C(C)(C)C)cc5-c5ccccc5)c5cc(C(C)(C)C)cc1c53)C(C)(C)c1ccccc1C4(C)C)C(C)(C)CCC2(C)C. The Morgan fingerprint density at radius 3 is 1.40 bits per heavy atom. The molecule has 0 N–H and O–H groups in total. The first kappa shape index (κ1) is 48.5. The molecule has 0 radical (unpaired) electrons. The van der Waals surface area contributed by atoms with Crippen LogP contribution in [-0.4, -0.2) is 6.71 Å². The van der Waals surface area contributed by atoms with Gasteiger partial charge in [-0.15, -0.1) is 0 Å². The van der Waals surface area contributed by atoms with E-state index in [9.17, 15) is 0 Å². The van der Waals surface area contributed by atoms with Crippen LogP contribution in [0.5, 0.6) is 0 Å². The minimum Gasteiger partial charge on any atom is -0.311 e. The van der Waals surface area contributed by atoms with E-state index >= 15 is 0 Å². The molecule has 368 valence electrons. The quantitative estimate of drug-likeness (QED) is 0.163. The average Bonchev–Trinajstić information content (AvgIpc) is 3.31. The summed E-state index contributed by atoms with van der Waals surface area (Å²) in [4.78, 5) is 5.44. The van der Waals surface area contributed by atoms with Gasteiger partial charge in [0.15, 0.2) is 0 Å². The van der Waals surface area contributed by atoms with Gasteiger partial charge in [-0.2, -0.15) is 0 Å². The fourth-order valence-electron chi connectivity index (χ4n) is 13.4. The third-order valence-electron chi connectivity index (χ3n) is 18.2. The van der Waals surface area contributed by atoms with Gasteiger partial charge in [0.05, 0.1) is 5.69 Å². The highest BCUT2D eigenvalue weighted by Crippen LogP contribution is 2.55. The molecule has 4 aliphatic rings. The third kappa shape index (κ3) is 7.24. The van der Waals surface area contributed by atoms with Crippen LogP contribution in [0.15, 0.2) is 127 Å². The normalized spacial score (nSPS) is 17.8. The van der Waals surface area contributed by atoms with Gasteiger partial charge < -0.3 is 9.80 Å². The molecule has 72 heavy (non-hydrogen) atoms. The summed E-state index contributed by atoms with van der Waals surface area (Å²) in [5.74, 6) is 0. The molecule has 2 nitrogen and oxygen atoms in total. The maximum Gasteiger partial charge on any atom is 0.252 e. The fraction of sp³-hybridized carbons (Fsp3) is 0.391. The van der Waals surface area contributed by atoms with Gasteiger partial charge in [0, 0.05) is 44.8 Å². The Bertz CT molecular complexity index is 3380. The van der Waals surface area contributed by atoms with Gasteiger partial charge in [-0.25, -0.2) is 0 Å². The molecule has 0 aromatic heterocycles. The standard InChI is InChI=1S/C69H79BN2/c1-42-34-50-51(67(13,14)33-32-66(50,11)12)40-58(42)72-59-41-53-52(68(15,16)48-26-22-23-27-49(48)69(53,17)18)39-55(59)70-54-36-45(64(5,6)7)29-31-57(54)71(60-37-46(65(8,9)10)38-61(72)62(60)70)56-30-28-44(63(2,3)4)35-47(56)43-24-20-19-21-25-43/h19-31,34-41H,32-33H2,1-18H3. The van der Waals surface area contributed by atoms with Crippen LogP contribution in [0.25, 0.3) is 11.1 Å². The number of aryl methyl sites for hydroxylation is 1. The topological polar surface area (TPSA) is 6.48 Å². The minimum absolute atomic E-state index is 0.0208. The average molecular weight is 947 g/mol. The van der Waals surface area contributed by atoms with Crippen molar-refractivity contribution in [3.8, 4) is 11.1 Å². The van der Waals surface area contributed by atoms with E-state index < -0.39 is 0 Å². The number of rotatable bonds is 3. The van der Waals surface area contributed by atoms with Crippen LogP contribution >= 0.6 is 0 Å². The molecule has 2 aliphatic carbocycles. The Morgan fingerprint density at radius 2 is 0.847 bits per heavy atom. The summed E-state index contributed by atoms with van der Waals surface area (Å²) in [7, 11) is 0. The van der Waals surface area contributed by atoms with Crippen LogP contribution in [0, 0.1) is 6.92 Å². The van der Waals surface area contributed by atoms with Gasteiger partial charge in [-0.3, -0.25) is 0 Å². The molecule has 7 aromatic rings. The van der Waals surface area contributed by atoms with E-state index in [1.165, 1.54) is 130 Å². The van der Waals surface area contributed by atoms with Crippen LogP contribution in [0.4, 0.5) is 34.1 Å². The second-order valence-corrected chi connectivity index (χ2v) is 27.9. The zero-order valence-electron chi connectivity index (χ0n) is 47.0. The van der Waals surface area contributed by atoms with Gasteiger partial charge in [-0.1, -0.05) is 203 Å². The second kappa shape index (κ2) is 15.6. The van der Waals surface area contributed by atoms with Crippen LogP contribution in [0.3, 0.4) is 0 Å². The third-order valence-corrected chi connectivity index (χ3v) is 18.2. The zero-order valence-corrected chi connectivity index (χ0v) is 47.0. The van der Waals surface area contributed by atoms with Crippen molar-refractivity contribution in [2.45, 2.75) is 175 Å². The monoisotopic (exact) mass is 947 g/mol. The Labute approximate surface area is 434 Å². The minimum atomic E-state index is -0.217. The van der Waals surface area contributed by atoms with Crippen molar-refractivity contribution < 1.29 is 0 Å². The van der Waals surface area contributed by atoms with Crippen molar-refractivity contribution in [3.05, 3.63) is 183 Å². The van der Waals surface area contributed by atoms with Gasteiger partial charge in [0.25, 0.3) is 6.71 Å². The molecule has 7 aromatic carbocycles. The molecule has 0 saturated heterocycles. The summed E-state index contributed by atoms with van der Waals surface area (Å²) in [6, 6.07) is 51.0. The van der Waals surface area contributed by atoms with Crippen molar-refractivity contribution in [2.75, 3.05) is 9.80 Å². The number of benzene rings is 7. The predicted octanol–water partition coefficient (Wildman–Crippen LogP) is 17.0. The first-order valence-electron chi connectivity index (χ1n) is 27.1. The van der Waals surface area contributed by atoms with Gasteiger partial charge >= 0.3 is 0 Å². The fourth-order valence-corrected chi connectivity index (χ4v) is 13.4. The van der Waals surface area contributed by atoms with Gasteiger partial charge in [0.2, 0.25) is 0 Å². The van der Waals surface area contributed by atoms with E-state index in [0.29, 0.717) is 0 Å². The molecule has 0 atom stereocenters. The summed E-state index contributed by atoms with van der Waals surface area (Å²) in [5.41, 5.74) is 27.8. The summed E-state index contributed by atoms with van der Waals surface area (Å²) >= 11 is 0. The van der Waals surface area contributed by atoms with Gasteiger partial charge in [-0.05, 0) is 167 Å². The molecular formula is C69H79BN2. The van der Waals surface area contributed by atoms with Crippen molar-refractivity contribution in [3.63, 3.8) is 0 Å². The number of hydrogen-bond donors (Lipinski definition) is 0. The van der Waals surface area contributed by atoms with E-state index in [1.807, 2.05) is 0 Å². The van der Waals surface area contributed by atoms with Crippen LogP contribution in [0.2, 0.25) is 0 Å². The van der Waals surface area contributed by atoms with Gasteiger partial charge in [0.1, 0.15) is 0 Å². The van der Waals surface area contributed by atoms with E-state index in [1.54, 1.807) is 0 Å². The lowest BCUT2D eigenvalue weighted by molar-refractivity contribution is 0.332. The van der Waals surface area contributed by atoms with Crippen LogP contribution in [-0.2, 0) is 37.9 Å². The highest BCUT2D eigenvalue weighted by Gasteiger charge is 2.49. The predicted molar refractivity (Wildman–Crippen MR) is 313 cm³/mol. The molecule has 0 spiro atoms. The Balaban J connectivity index is 1.32. The van der Waals surface area contributed by atoms with E-state index in [0.717, 1.165) is 0 Å². The van der Waals surface area contributed by atoms with Crippen molar-refractivity contribution >= 4 is 57.2 Å². The lowest BCUT2D eigenvalue weighted by atomic mass is 9.32. The second-order valence-electron chi connectivity index (χ2n) is 27.9. The highest BCUT2D eigenvalue weighted by atomic mass is 15.2. The summed E-state index contributed by atoms with van der Waals surface area (Å²) in [5, 5.41) is 0. The van der Waals surface area contributed by atoms with Crippen molar-refractivity contribution in [1.82, 2.24) is 0 Å². The first-order valence-corrected chi connectivity index (χ1v) is 27.1. The van der Waals surface area contributed by atoms with E-state index in [-0.39, 0.29) is 44.6 Å². The summed E-state index contributed by atoms with van der Waals surface area (Å²) in [6.45, 7) is 43.5. The number of nitrogens with zero attached hydrogens (tertiary/aromatic N) is 2. The van der Waals surface area contributed by atoms with E-state index in [4.69, 9.17) is 0 Å². The molecular weight excluding hydrogens is 868 g/mol. The number of hydrogen-bond acceptors (Lipinski definition) is 2. The van der Waals surface area contributed by atoms with E-state index in [2.05, 4.69) is 262 Å². The lowest BCUT2D eigenvalue weighted by Gasteiger charge is -2.49. The molecule has 0 amide bonds. The smallest absolute Gasteiger partial charge is 0.252 e. The van der Waals surface area contributed by atoms with Crippen LogP contribution in [0.1, 0.15) is 186 Å². The highest BCUT2D eigenvalue weighted by molar-refractivity contribution is 7.00. The Kier molecular flexibility index (Phi) is 10.5. The molecule has 0 saturated carbocycles. The number of anilines is 6. The summed E-state index contributed by atoms with van der Waals surface area (Å²) in [6.07, 6.45) is 2.35. The molecule has 0 bridgehead atoms. The van der Waals surface area contributed by atoms with Crippen LogP contribution < -0.4 is 26.2 Å². The summed E-state index contributed by atoms with van der Waals surface area (Å²) < 4.78 is 0. The Morgan fingerprint density at radius 1 is 0.389 bits per heavy atom. The maximum atomic E-state index is 2.76. The molecule has 11 rings (SSSR count). The Hall–Kier alpha value is -5.80. The lowest BCUT2D eigenvalue weighted by Crippen LogP contribution is -2.62. The maximum absolute atomic E-state index is 2.76. The molecule has 0 fully saturated rings. The zero-order chi connectivity index (χ0) is 51.6. The largest absolute Gasteiger partial charge is 0.311 e. The van der Waals surface area contributed by atoms with Crippen molar-refractivity contribution in [2.24, 2.45) is 0 Å². The molecule has 2 aliphatic heterocycles.